The number of nitro groups is 1. The molecule has 0 saturated carbocycles. The second-order valence-corrected chi connectivity index (χ2v) is 7.89. The topological polar surface area (TPSA) is 144 Å². The normalized spacial score (nSPS) is 13.2. The summed E-state index contributed by atoms with van der Waals surface area (Å²) in [7, 11) is 0. The first-order valence-corrected chi connectivity index (χ1v) is 11.3. The van der Waals surface area contributed by atoms with Crippen molar-refractivity contribution in [1.29, 1.82) is 0 Å². The molecule has 2 N–H and O–H groups in total. The predicted molar refractivity (Wildman–Crippen MR) is 142 cm³/mol. The largest absolute Gasteiger partial charge is 0.455 e. The van der Waals surface area contributed by atoms with Gasteiger partial charge in [-0.15, -0.1) is 12.4 Å². The molecule has 1 saturated heterocycles. The van der Waals surface area contributed by atoms with Gasteiger partial charge in [-0.1, -0.05) is 12.1 Å². The third kappa shape index (κ3) is 6.57. The van der Waals surface area contributed by atoms with E-state index < -0.39 is 4.92 Å². The van der Waals surface area contributed by atoms with Gasteiger partial charge in [0, 0.05) is 36.5 Å². The van der Waals surface area contributed by atoms with E-state index in [0.29, 0.717) is 55.0 Å². The van der Waals surface area contributed by atoms with Crippen LogP contribution < -0.4 is 15.6 Å². The van der Waals surface area contributed by atoms with Gasteiger partial charge < -0.3 is 19.4 Å². The molecule has 0 radical (unpaired) electrons. The van der Waals surface area contributed by atoms with Crippen LogP contribution in [-0.2, 0) is 4.74 Å². The molecular weight excluding hydrogens is 519 g/mol. The number of hydrogen-bond acceptors (Lipinski definition) is 11. The highest BCUT2D eigenvalue weighted by molar-refractivity contribution is 5.85. The van der Waals surface area contributed by atoms with Gasteiger partial charge in [-0.05, 0) is 36.4 Å². The molecule has 2 aromatic heterocycles. The number of hydrazone groups is 1. The minimum Gasteiger partial charge on any atom is -0.455 e. The van der Waals surface area contributed by atoms with Gasteiger partial charge in [-0.2, -0.15) is 20.1 Å². The standard InChI is InChI=1S/C24H21FN8O4.ClH/c25-17-4-6-18(7-5-17)27-22-28-23(30-24(29-22)32-10-12-36-13-11-32)31-26-15-20-8-9-21(37-20)16-2-1-3-19(14-16)33(34)35;/h1-9,14-15H,10-13H2,(H2,27,28,29,30,31);1H/b26-15-;. The SMILES string of the molecule is Cl.O=[N+]([O-])c1cccc(-c2ccc(/C=N\Nc3nc(Nc4ccc(F)cc4)nc(N4CCOCC4)n3)o2)c1. The lowest BCUT2D eigenvalue weighted by molar-refractivity contribution is -0.384. The Kier molecular flexibility index (Phi) is 8.40. The predicted octanol–water partition coefficient (Wildman–Crippen LogP) is 4.63. The molecule has 1 aliphatic heterocycles. The highest BCUT2D eigenvalue weighted by Gasteiger charge is 2.17. The van der Waals surface area contributed by atoms with Crippen LogP contribution in [0.3, 0.4) is 0 Å². The van der Waals surface area contributed by atoms with Crippen LogP contribution >= 0.6 is 12.4 Å². The summed E-state index contributed by atoms with van der Waals surface area (Å²) in [4.78, 5) is 25.8. The summed E-state index contributed by atoms with van der Waals surface area (Å²) in [5.74, 6) is 1.41. The van der Waals surface area contributed by atoms with E-state index in [1.807, 2.05) is 4.90 Å². The average molecular weight is 541 g/mol. The van der Waals surface area contributed by atoms with E-state index in [1.54, 1.807) is 36.4 Å². The van der Waals surface area contributed by atoms with Crippen LogP contribution in [0.1, 0.15) is 5.76 Å². The van der Waals surface area contributed by atoms with Crippen molar-refractivity contribution in [3.05, 3.63) is 82.4 Å². The summed E-state index contributed by atoms with van der Waals surface area (Å²) < 4.78 is 24.4. The number of ether oxygens (including phenoxy) is 1. The van der Waals surface area contributed by atoms with Crippen LogP contribution in [0.2, 0.25) is 0 Å². The van der Waals surface area contributed by atoms with E-state index >= 15 is 0 Å². The molecule has 0 amide bonds. The molecule has 2 aromatic carbocycles. The fraction of sp³-hybridized carbons (Fsp3) is 0.167. The first-order chi connectivity index (χ1) is 18.0. The molecule has 0 atom stereocenters. The molecule has 0 unspecified atom stereocenters. The summed E-state index contributed by atoms with van der Waals surface area (Å²) in [6, 6.07) is 15.4. The summed E-state index contributed by atoms with van der Waals surface area (Å²) in [6.45, 7) is 2.35. The Labute approximate surface area is 222 Å². The number of aromatic nitrogens is 3. The number of non-ortho nitro benzene ring substituents is 1. The molecule has 14 heteroatoms. The lowest BCUT2D eigenvalue weighted by atomic mass is 10.1. The number of anilines is 4. The summed E-state index contributed by atoms with van der Waals surface area (Å²) in [5.41, 5.74) is 3.94. The van der Waals surface area contributed by atoms with E-state index in [0.717, 1.165) is 0 Å². The minimum absolute atomic E-state index is 0. The van der Waals surface area contributed by atoms with Crippen molar-refractivity contribution in [2.24, 2.45) is 5.10 Å². The highest BCUT2D eigenvalue weighted by atomic mass is 35.5. The van der Waals surface area contributed by atoms with Crippen LogP contribution in [0.5, 0.6) is 0 Å². The molecule has 0 aliphatic carbocycles. The number of nitrogens with one attached hydrogen (secondary N) is 2. The van der Waals surface area contributed by atoms with Crippen molar-refractivity contribution < 1.29 is 18.5 Å². The van der Waals surface area contributed by atoms with Gasteiger partial charge >= 0.3 is 0 Å². The first kappa shape index (κ1) is 26.4. The molecule has 3 heterocycles. The molecule has 12 nitrogen and oxygen atoms in total. The molecular formula is C24H22ClFN8O4. The van der Waals surface area contributed by atoms with Gasteiger partial charge in [0.25, 0.3) is 5.69 Å². The number of halogens is 2. The summed E-state index contributed by atoms with van der Waals surface area (Å²) >= 11 is 0. The van der Waals surface area contributed by atoms with E-state index in [1.165, 1.54) is 30.5 Å². The zero-order valence-electron chi connectivity index (χ0n) is 19.8. The molecule has 4 aromatic rings. The smallest absolute Gasteiger partial charge is 0.270 e. The number of nitro benzene ring substituents is 1. The van der Waals surface area contributed by atoms with E-state index in [9.17, 15) is 14.5 Å². The molecule has 0 spiro atoms. The van der Waals surface area contributed by atoms with Crippen molar-refractivity contribution in [2.45, 2.75) is 0 Å². The average Bonchev–Trinajstić information content (AvgIpc) is 3.39. The Morgan fingerprint density at radius 1 is 1.03 bits per heavy atom. The van der Waals surface area contributed by atoms with Crippen LogP contribution in [0.25, 0.3) is 11.3 Å². The van der Waals surface area contributed by atoms with Crippen molar-refractivity contribution in [1.82, 2.24) is 15.0 Å². The maximum absolute atomic E-state index is 13.3. The van der Waals surface area contributed by atoms with Crippen LogP contribution in [0.4, 0.5) is 33.6 Å². The van der Waals surface area contributed by atoms with Gasteiger partial charge in [-0.25, -0.2) is 9.82 Å². The zero-order chi connectivity index (χ0) is 25.6. The van der Waals surface area contributed by atoms with Crippen molar-refractivity contribution in [3.63, 3.8) is 0 Å². The number of rotatable bonds is 8. The summed E-state index contributed by atoms with van der Waals surface area (Å²) in [5, 5.41) is 18.2. The lowest BCUT2D eigenvalue weighted by Crippen LogP contribution is -2.37. The van der Waals surface area contributed by atoms with Crippen molar-refractivity contribution >= 4 is 47.8 Å². The minimum atomic E-state index is -0.461. The second-order valence-electron chi connectivity index (χ2n) is 7.89. The van der Waals surface area contributed by atoms with Crippen molar-refractivity contribution in [3.8, 4) is 11.3 Å². The lowest BCUT2D eigenvalue weighted by Gasteiger charge is -2.27. The van der Waals surface area contributed by atoms with Gasteiger partial charge in [0.1, 0.15) is 17.3 Å². The quantitative estimate of drug-likeness (QED) is 0.184. The van der Waals surface area contributed by atoms with E-state index in [-0.39, 0.29) is 35.8 Å². The maximum Gasteiger partial charge on any atom is 0.270 e. The van der Waals surface area contributed by atoms with Crippen LogP contribution in [0, 0.1) is 15.9 Å². The van der Waals surface area contributed by atoms with E-state index in [2.05, 4.69) is 30.8 Å². The van der Waals surface area contributed by atoms with Gasteiger partial charge in [0.15, 0.2) is 0 Å². The van der Waals surface area contributed by atoms with Gasteiger partial charge in [-0.3, -0.25) is 10.1 Å². The Balaban J connectivity index is 0.00000336. The molecule has 5 rings (SSSR count). The van der Waals surface area contributed by atoms with Crippen LogP contribution in [0.15, 0.2) is 70.2 Å². The monoisotopic (exact) mass is 540 g/mol. The molecule has 38 heavy (non-hydrogen) atoms. The number of nitrogens with zero attached hydrogens (tertiary/aromatic N) is 6. The molecule has 1 aliphatic rings. The van der Waals surface area contributed by atoms with E-state index in [4.69, 9.17) is 9.15 Å². The Hall–Kier alpha value is -4.62. The second kappa shape index (κ2) is 12.1. The fourth-order valence-corrected chi connectivity index (χ4v) is 3.54. The number of furan rings is 1. The Morgan fingerprint density at radius 3 is 2.55 bits per heavy atom. The highest BCUT2D eigenvalue weighted by Crippen LogP contribution is 2.25. The third-order valence-electron chi connectivity index (χ3n) is 5.34. The first-order valence-electron chi connectivity index (χ1n) is 11.3. The molecule has 0 bridgehead atoms. The van der Waals surface area contributed by atoms with Crippen LogP contribution in [-0.4, -0.2) is 52.4 Å². The summed E-state index contributed by atoms with van der Waals surface area (Å²) in [6.07, 6.45) is 1.44. The number of benzene rings is 2. The number of morpholine rings is 1. The zero-order valence-corrected chi connectivity index (χ0v) is 20.6. The fourth-order valence-electron chi connectivity index (χ4n) is 3.54. The maximum atomic E-state index is 13.3. The molecule has 196 valence electrons. The third-order valence-corrected chi connectivity index (χ3v) is 5.34. The van der Waals surface area contributed by atoms with Gasteiger partial charge in [0.05, 0.1) is 24.4 Å². The number of hydrogen-bond donors (Lipinski definition) is 2. The molecule has 1 fully saturated rings. The van der Waals surface area contributed by atoms with Gasteiger partial charge in [0.2, 0.25) is 17.8 Å². The Bertz CT molecular complexity index is 1430. The Morgan fingerprint density at radius 2 is 1.79 bits per heavy atom. The van der Waals surface area contributed by atoms with Crippen molar-refractivity contribution in [2.75, 3.05) is 41.9 Å².